The van der Waals surface area contributed by atoms with E-state index in [1.807, 2.05) is 4.90 Å². The predicted octanol–water partition coefficient (Wildman–Crippen LogP) is 2.11. The van der Waals surface area contributed by atoms with Crippen molar-refractivity contribution in [3.05, 3.63) is 35.4 Å². The van der Waals surface area contributed by atoms with Crippen molar-refractivity contribution in [3.63, 3.8) is 0 Å². The zero-order chi connectivity index (χ0) is 20.0. The van der Waals surface area contributed by atoms with Gasteiger partial charge >= 0.3 is 5.97 Å². The Kier molecular flexibility index (Phi) is 7.80. The average molecular weight is 376 g/mol. The van der Waals surface area contributed by atoms with Gasteiger partial charge in [0.2, 0.25) is 5.91 Å². The van der Waals surface area contributed by atoms with Gasteiger partial charge in [0.1, 0.15) is 0 Å². The average Bonchev–Trinajstić information content (AvgIpc) is 2.62. The number of carbonyl (C=O) groups excluding carboxylic acids is 1. The molecule has 1 aliphatic heterocycles. The third kappa shape index (κ3) is 6.63. The number of rotatable bonds is 8. The van der Waals surface area contributed by atoms with Gasteiger partial charge in [-0.1, -0.05) is 45.0 Å². The molecule has 1 fully saturated rings. The largest absolute Gasteiger partial charge is 0.481 e. The molecule has 1 N–H and O–H groups in total. The van der Waals surface area contributed by atoms with Gasteiger partial charge in [-0.05, 0) is 24.1 Å². The minimum absolute atomic E-state index is 0.0797. The smallest absolute Gasteiger partial charge is 0.307 e. The molecule has 1 aromatic carbocycles. The normalized spacial score (nSPS) is 16.7. The molecule has 0 spiro atoms. The lowest BCUT2D eigenvalue weighted by atomic mass is 10.0. The van der Waals surface area contributed by atoms with E-state index in [0.717, 1.165) is 32.7 Å². The van der Waals surface area contributed by atoms with Gasteiger partial charge in [-0.25, -0.2) is 0 Å². The van der Waals surface area contributed by atoms with Crippen molar-refractivity contribution < 1.29 is 14.7 Å². The van der Waals surface area contributed by atoms with E-state index in [-0.39, 0.29) is 12.5 Å². The van der Waals surface area contributed by atoms with Crippen LogP contribution in [0.15, 0.2) is 24.3 Å². The minimum Gasteiger partial charge on any atom is -0.481 e. The van der Waals surface area contributed by atoms with Gasteiger partial charge in [-0.3, -0.25) is 19.4 Å². The molecule has 6 heteroatoms. The number of carboxylic acids is 1. The Morgan fingerprint density at radius 3 is 2.19 bits per heavy atom. The van der Waals surface area contributed by atoms with E-state index in [1.54, 1.807) is 18.9 Å². The van der Waals surface area contributed by atoms with Crippen LogP contribution in [0, 0.1) is 5.92 Å². The highest BCUT2D eigenvalue weighted by Gasteiger charge is 2.23. The van der Waals surface area contributed by atoms with E-state index in [0.29, 0.717) is 12.5 Å². The molecule has 0 radical (unpaired) electrons. The third-order valence-corrected chi connectivity index (χ3v) is 5.19. The Labute approximate surface area is 162 Å². The summed E-state index contributed by atoms with van der Waals surface area (Å²) in [5, 5.41) is 8.98. The number of benzene rings is 1. The maximum atomic E-state index is 12.4. The first-order valence-corrected chi connectivity index (χ1v) is 9.76. The van der Waals surface area contributed by atoms with Gasteiger partial charge in [-0.2, -0.15) is 0 Å². The number of amides is 1. The summed E-state index contributed by atoms with van der Waals surface area (Å²) in [4.78, 5) is 29.4. The SMILES string of the molecule is CC(CN(C)CC(=O)N1CCN(Cc2ccc(C(C)C)cc2)CC1)C(=O)O. The summed E-state index contributed by atoms with van der Waals surface area (Å²) in [6, 6.07) is 8.80. The summed E-state index contributed by atoms with van der Waals surface area (Å²) in [5.74, 6) is -0.674. The van der Waals surface area contributed by atoms with Crippen LogP contribution in [0.3, 0.4) is 0 Å². The van der Waals surface area contributed by atoms with Crippen molar-refractivity contribution in [2.75, 3.05) is 46.3 Å². The van der Waals surface area contributed by atoms with Gasteiger partial charge in [0.25, 0.3) is 0 Å². The van der Waals surface area contributed by atoms with Crippen LogP contribution < -0.4 is 0 Å². The van der Waals surface area contributed by atoms with E-state index in [2.05, 4.69) is 43.0 Å². The van der Waals surface area contributed by atoms with Crippen LogP contribution >= 0.6 is 0 Å². The molecule has 0 saturated carbocycles. The summed E-state index contributed by atoms with van der Waals surface area (Å²) in [6.45, 7) is 10.8. The third-order valence-electron chi connectivity index (χ3n) is 5.19. The molecule has 0 bridgehead atoms. The molecule has 1 atom stereocenters. The lowest BCUT2D eigenvalue weighted by Gasteiger charge is -2.35. The zero-order valence-corrected chi connectivity index (χ0v) is 17.0. The van der Waals surface area contributed by atoms with E-state index in [9.17, 15) is 9.59 Å². The molecule has 0 aliphatic carbocycles. The minimum atomic E-state index is -0.829. The van der Waals surface area contributed by atoms with Crippen LogP contribution in [0.1, 0.15) is 37.8 Å². The second-order valence-electron chi connectivity index (χ2n) is 7.99. The molecule has 1 saturated heterocycles. The molecule has 1 aromatic rings. The van der Waals surface area contributed by atoms with Gasteiger partial charge in [-0.15, -0.1) is 0 Å². The molecule has 150 valence electrons. The number of hydrogen-bond acceptors (Lipinski definition) is 4. The van der Waals surface area contributed by atoms with Crippen LogP contribution in [-0.2, 0) is 16.1 Å². The Morgan fingerprint density at radius 2 is 1.67 bits per heavy atom. The van der Waals surface area contributed by atoms with Crippen LogP contribution in [-0.4, -0.2) is 78.0 Å². The fourth-order valence-corrected chi connectivity index (χ4v) is 3.36. The summed E-state index contributed by atoms with van der Waals surface area (Å²) in [7, 11) is 1.80. The van der Waals surface area contributed by atoms with Crippen molar-refractivity contribution in [2.45, 2.75) is 33.2 Å². The quantitative estimate of drug-likeness (QED) is 0.754. The predicted molar refractivity (Wildman–Crippen MR) is 107 cm³/mol. The summed E-state index contributed by atoms with van der Waals surface area (Å²) < 4.78 is 0. The van der Waals surface area contributed by atoms with Crippen molar-refractivity contribution in [1.82, 2.24) is 14.7 Å². The first-order chi connectivity index (χ1) is 12.8. The second kappa shape index (κ2) is 9.85. The first-order valence-electron chi connectivity index (χ1n) is 9.76. The fourth-order valence-electron chi connectivity index (χ4n) is 3.36. The molecule has 2 rings (SSSR count). The summed E-state index contributed by atoms with van der Waals surface area (Å²) in [5.41, 5.74) is 2.66. The van der Waals surface area contributed by atoms with Gasteiger partial charge < -0.3 is 10.0 Å². The number of nitrogens with zero attached hydrogens (tertiary/aromatic N) is 3. The Balaban J connectivity index is 1.75. The molecule has 27 heavy (non-hydrogen) atoms. The molecule has 1 heterocycles. The highest BCUT2D eigenvalue weighted by atomic mass is 16.4. The van der Waals surface area contributed by atoms with Crippen molar-refractivity contribution >= 4 is 11.9 Å². The van der Waals surface area contributed by atoms with Gasteiger partial charge in [0, 0.05) is 39.3 Å². The maximum Gasteiger partial charge on any atom is 0.307 e. The Bertz CT molecular complexity index is 622. The molecular formula is C21H33N3O3. The summed E-state index contributed by atoms with van der Waals surface area (Å²) >= 11 is 0. The number of carboxylic acid groups (broad SMARTS) is 1. The van der Waals surface area contributed by atoms with Crippen LogP contribution in [0.5, 0.6) is 0 Å². The summed E-state index contributed by atoms with van der Waals surface area (Å²) in [6.07, 6.45) is 0. The first kappa shape index (κ1) is 21.4. The topological polar surface area (TPSA) is 64.1 Å². The van der Waals surface area contributed by atoms with E-state index in [1.165, 1.54) is 11.1 Å². The highest BCUT2D eigenvalue weighted by Crippen LogP contribution is 2.16. The monoisotopic (exact) mass is 375 g/mol. The van der Waals surface area contributed by atoms with Crippen molar-refractivity contribution in [2.24, 2.45) is 5.92 Å². The highest BCUT2D eigenvalue weighted by molar-refractivity contribution is 5.78. The van der Waals surface area contributed by atoms with Crippen LogP contribution in [0.4, 0.5) is 0 Å². The van der Waals surface area contributed by atoms with E-state index >= 15 is 0 Å². The van der Waals surface area contributed by atoms with E-state index < -0.39 is 11.9 Å². The van der Waals surface area contributed by atoms with Gasteiger partial charge in [0.05, 0.1) is 12.5 Å². The molecule has 1 amide bonds. The molecule has 1 aliphatic rings. The number of carbonyl (C=O) groups is 2. The second-order valence-corrected chi connectivity index (χ2v) is 7.99. The van der Waals surface area contributed by atoms with Crippen LogP contribution in [0.25, 0.3) is 0 Å². The Hall–Kier alpha value is -1.92. The fraction of sp³-hybridized carbons (Fsp3) is 0.619. The van der Waals surface area contributed by atoms with Gasteiger partial charge in [0.15, 0.2) is 0 Å². The maximum absolute atomic E-state index is 12.4. The van der Waals surface area contributed by atoms with E-state index in [4.69, 9.17) is 5.11 Å². The zero-order valence-electron chi connectivity index (χ0n) is 17.0. The lowest BCUT2D eigenvalue weighted by molar-refractivity contribution is -0.142. The number of likely N-dealkylation sites (N-methyl/N-ethyl adjacent to an activating group) is 1. The lowest BCUT2D eigenvalue weighted by Crippen LogP contribution is -2.50. The number of aliphatic carboxylic acids is 1. The molecule has 0 aromatic heterocycles. The van der Waals surface area contributed by atoms with Crippen molar-refractivity contribution in [3.8, 4) is 0 Å². The standard InChI is InChI=1S/C21H33N3O3/c1-16(2)19-7-5-18(6-8-19)14-23-9-11-24(12-10-23)20(25)15-22(4)13-17(3)21(26)27/h5-8,16-17H,9-15H2,1-4H3,(H,26,27). The number of piperazine rings is 1. The molecule has 1 unspecified atom stereocenters. The number of hydrogen-bond donors (Lipinski definition) is 1. The molecular weight excluding hydrogens is 342 g/mol. The van der Waals surface area contributed by atoms with Crippen LogP contribution in [0.2, 0.25) is 0 Å². The van der Waals surface area contributed by atoms with Crippen molar-refractivity contribution in [1.29, 1.82) is 0 Å². The molecule has 6 nitrogen and oxygen atoms in total. The Morgan fingerprint density at radius 1 is 1.07 bits per heavy atom.